The fraction of sp³-hybridized carbons (Fsp3) is 0.429. The van der Waals surface area contributed by atoms with Gasteiger partial charge in [0.2, 0.25) is 5.91 Å². The lowest BCUT2D eigenvalue weighted by atomic mass is 9.82. The average molecular weight is 291 g/mol. The standard InChI is InChI=1S/C14H17N3O4/c18-12(9-1-3-11(4-2-9)14(20)21)16-17-13(19)10-5-7-15-8-6-10/h5-9,11H,1-4H2,(H,16,18)(H,17,19)(H,20,21). The predicted octanol–water partition coefficient (Wildman–Crippen LogP) is 0.734. The normalized spacial score (nSPS) is 21.3. The summed E-state index contributed by atoms with van der Waals surface area (Å²) >= 11 is 0. The summed E-state index contributed by atoms with van der Waals surface area (Å²) in [6.07, 6.45) is 5.01. The van der Waals surface area contributed by atoms with Crippen LogP contribution < -0.4 is 10.9 Å². The van der Waals surface area contributed by atoms with Gasteiger partial charge in [0.25, 0.3) is 5.91 Å². The lowest BCUT2D eigenvalue weighted by Crippen LogP contribution is -2.45. The van der Waals surface area contributed by atoms with Crippen molar-refractivity contribution in [3.05, 3.63) is 30.1 Å². The number of carbonyl (C=O) groups is 3. The van der Waals surface area contributed by atoms with Crippen LogP contribution in [-0.2, 0) is 9.59 Å². The van der Waals surface area contributed by atoms with Crippen molar-refractivity contribution in [1.82, 2.24) is 15.8 Å². The van der Waals surface area contributed by atoms with Crippen molar-refractivity contribution in [1.29, 1.82) is 0 Å². The highest BCUT2D eigenvalue weighted by atomic mass is 16.4. The number of aromatic nitrogens is 1. The molecule has 1 heterocycles. The first-order chi connectivity index (χ1) is 10.1. The summed E-state index contributed by atoms with van der Waals surface area (Å²) in [6.45, 7) is 0. The van der Waals surface area contributed by atoms with E-state index in [0.29, 0.717) is 31.2 Å². The van der Waals surface area contributed by atoms with Gasteiger partial charge in [-0.3, -0.25) is 30.2 Å². The fourth-order valence-corrected chi connectivity index (χ4v) is 2.40. The van der Waals surface area contributed by atoms with Gasteiger partial charge in [-0.2, -0.15) is 0 Å². The number of carbonyl (C=O) groups excluding carboxylic acids is 2. The molecule has 0 aromatic carbocycles. The number of nitrogens with one attached hydrogen (secondary N) is 2. The molecule has 0 saturated heterocycles. The molecule has 2 rings (SSSR count). The first kappa shape index (κ1) is 15.0. The molecule has 112 valence electrons. The Bertz CT molecular complexity index is 524. The second kappa shape index (κ2) is 6.83. The zero-order valence-electron chi connectivity index (χ0n) is 11.4. The van der Waals surface area contributed by atoms with Crippen molar-refractivity contribution in [2.24, 2.45) is 11.8 Å². The zero-order valence-corrected chi connectivity index (χ0v) is 11.4. The molecule has 21 heavy (non-hydrogen) atoms. The van der Waals surface area contributed by atoms with Gasteiger partial charge in [-0.25, -0.2) is 0 Å². The summed E-state index contributed by atoms with van der Waals surface area (Å²) in [5, 5.41) is 8.90. The van der Waals surface area contributed by atoms with Gasteiger partial charge in [0.05, 0.1) is 5.92 Å². The van der Waals surface area contributed by atoms with Crippen LogP contribution in [0.2, 0.25) is 0 Å². The van der Waals surface area contributed by atoms with E-state index in [2.05, 4.69) is 15.8 Å². The number of amides is 2. The second-order valence-electron chi connectivity index (χ2n) is 5.07. The molecular weight excluding hydrogens is 274 g/mol. The van der Waals surface area contributed by atoms with Gasteiger partial charge >= 0.3 is 5.97 Å². The quantitative estimate of drug-likeness (QED) is 0.712. The number of hydrogen-bond acceptors (Lipinski definition) is 4. The van der Waals surface area contributed by atoms with E-state index in [4.69, 9.17) is 5.11 Å². The molecule has 2 amide bonds. The number of carboxylic acid groups (broad SMARTS) is 1. The minimum atomic E-state index is -0.806. The molecule has 1 fully saturated rings. The number of nitrogens with zero attached hydrogens (tertiary/aromatic N) is 1. The Morgan fingerprint density at radius 3 is 2.14 bits per heavy atom. The molecular formula is C14H17N3O4. The van der Waals surface area contributed by atoms with Crippen molar-refractivity contribution in [2.75, 3.05) is 0 Å². The topological polar surface area (TPSA) is 108 Å². The van der Waals surface area contributed by atoms with E-state index < -0.39 is 11.9 Å². The third-order valence-electron chi connectivity index (χ3n) is 3.69. The summed E-state index contributed by atoms with van der Waals surface area (Å²) < 4.78 is 0. The van der Waals surface area contributed by atoms with E-state index in [1.54, 1.807) is 12.1 Å². The SMILES string of the molecule is O=C(NNC(=O)C1CCC(C(=O)O)CC1)c1ccncc1. The summed E-state index contributed by atoms with van der Waals surface area (Å²) in [7, 11) is 0. The molecule has 0 bridgehead atoms. The first-order valence-electron chi connectivity index (χ1n) is 6.81. The number of hydrogen-bond donors (Lipinski definition) is 3. The minimum Gasteiger partial charge on any atom is -0.481 e. The molecule has 1 aliphatic carbocycles. The summed E-state index contributed by atoms with van der Waals surface area (Å²) in [5.41, 5.74) is 5.14. The van der Waals surface area contributed by atoms with Crippen molar-refractivity contribution >= 4 is 17.8 Å². The summed E-state index contributed by atoms with van der Waals surface area (Å²) in [5.74, 6) is -2.11. The number of pyridine rings is 1. The zero-order chi connectivity index (χ0) is 15.2. The smallest absolute Gasteiger partial charge is 0.306 e. The van der Waals surface area contributed by atoms with Crippen LogP contribution in [0, 0.1) is 11.8 Å². The minimum absolute atomic E-state index is 0.252. The van der Waals surface area contributed by atoms with Crippen LogP contribution in [-0.4, -0.2) is 27.9 Å². The van der Waals surface area contributed by atoms with Gasteiger partial charge in [0.15, 0.2) is 0 Å². The first-order valence-corrected chi connectivity index (χ1v) is 6.81. The van der Waals surface area contributed by atoms with Gasteiger partial charge < -0.3 is 5.11 Å². The van der Waals surface area contributed by atoms with Gasteiger partial charge in [-0.15, -0.1) is 0 Å². The van der Waals surface area contributed by atoms with Crippen LogP contribution in [0.4, 0.5) is 0 Å². The number of carboxylic acids is 1. The molecule has 0 spiro atoms. The number of aliphatic carboxylic acids is 1. The molecule has 1 aromatic heterocycles. The Kier molecular flexibility index (Phi) is 4.86. The molecule has 1 aliphatic rings. The molecule has 0 unspecified atom stereocenters. The average Bonchev–Trinajstić information content (AvgIpc) is 2.53. The number of hydrazine groups is 1. The van der Waals surface area contributed by atoms with Crippen LogP contribution >= 0.6 is 0 Å². The van der Waals surface area contributed by atoms with Crippen LogP contribution in [0.15, 0.2) is 24.5 Å². The van der Waals surface area contributed by atoms with Crippen molar-refractivity contribution in [2.45, 2.75) is 25.7 Å². The highest BCUT2D eigenvalue weighted by Gasteiger charge is 2.29. The van der Waals surface area contributed by atoms with Crippen molar-refractivity contribution < 1.29 is 19.5 Å². The van der Waals surface area contributed by atoms with Crippen LogP contribution in [0.5, 0.6) is 0 Å². The highest BCUT2D eigenvalue weighted by molar-refractivity contribution is 5.95. The second-order valence-corrected chi connectivity index (χ2v) is 5.07. The Morgan fingerprint density at radius 1 is 1.00 bits per heavy atom. The van der Waals surface area contributed by atoms with E-state index in [1.165, 1.54) is 12.4 Å². The van der Waals surface area contributed by atoms with E-state index in [1.807, 2.05) is 0 Å². The van der Waals surface area contributed by atoms with Gasteiger partial charge in [-0.1, -0.05) is 0 Å². The Hall–Kier alpha value is -2.44. The monoisotopic (exact) mass is 291 g/mol. The largest absolute Gasteiger partial charge is 0.481 e. The molecule has 3 N–H and O–H groups in total. The third-order valence-corrected chi connectivity index (χ3v) is 3.69. The Labute approximate surface area is 121 Å². The van der Waals surface area contributed by atoms with Crippen molar-refractivity contribution in [3.63, 3.8) is 0 Å². The molecule has 7 heteroatoms. The molecule has 0 radical (unpaired) electrons. The maximum Gasteiger partial charge on any atom is 0.306 e. The highest BCUT2D eigenvalue weighted by Crippen LogP contribution is 2.28. The van der Waals surface area contributed by atoms with E-state index in [9.17, 15) is 14.4 Å². The van der Waals surface area contributed by atoms with E-state index in [0.717, 1.165) is 0 Å². The van der Waals surface area contributed by atoms with Crippen molar-refractivity contribution in [3.8, 4) is 0 Å². The molecule has 7 nitrogen and oxygen atoms in total. The number of rotatable bonds is 3. The van der Waals surface area contributed by atoms with Gasteiger partial charge in [0, 0.05) is 23.9 Å². The summed E-state index contributed by atoms with van der Waals surface area (Å²) in [4.78, 5) is 38.3. The predicted molar refractivity (Wildman–Crippen MR) is 72.9 cm³/mol. The van der Waals surface area contributed by atoms with E-state index >= 15 is 0 Å². The van der Waals surface area contributed by atoms with Crippen LogP contribution in [0.25, 0.3) is 0 Å². The lowest BCUT2D eigenvalue weighted by molar-refractivity contribution is -0.144. The maximum atomic E-state index is 11.9. The van der Waals surface area contributed by atoms with Gasteiger partial charge in [0.1, 0.15) is 0 Å². The van der Waals surface area contributed by atoms with Crippen LogP contribution in [0.3, 0.4) is 0 Å². The Balaban J connectivity index is 1.78. The Morgan fingerprint density at radius 2 is 1.57 bits per heavy atom. The maximum absolute atomic E-state index is 11.9. The van der Waals surface area contributed by atoms with Crippen LogP contribution in [0.1, 0.15) is 36.0 Å². The molecule has 0 aliphatic heterocycles. The molecule has 1 aromatic rings. The van der Waals surface area contributed by atoms with Gasteiger partial charge in [-0.05, 0) is 37.8 Å². The molecule has 1 saturated carbocycles. The van der Waals surface area contributed by atoms with E-state index in [-0.39, 0.29) is 17.7 Å². The lowest BCUT2D eigenvalue weighted by Gasteiger charge is -2.25. The summed E-state index contributed by atoms with van der Waals surface area (Å²) in [6, 6.07) is 3.08. The third kappa shape index (κ3) is 4.01. The molecule has 0 atom stereocenters. The fourth-order valence-electron chi connectivity index (χ4n) is 2.40.